The highest BCUT2D eigenvalue weighted by atomic mass is 35.5. The summed E-state index contributed by atoms with van der Waals surface area (Å²) in [6.45, 7) is 12.4. The van der Waals surface area contributed by atoms with Gasteiger partial charge in [0.05, 0.1) is 0 Å². The Labute approximate surface area is 91.6 Å². The van der Waals surface area contributed by atoms with E-state index in [4.69, 9.17) is 11.6 Å². The van der Waals surface area contributed by atoms with E-state index in [-0.39, 0.29) is 5.41 Å². The smallest absolute Gasteiger partial charge is 0.0483 e. The summed E-state index contributed by atoms with van der Waals surface area (Å²) in [6.07, 6.45) is 0. The summed E-state index contributed by atoms with van der Waals surface area (Å²) in [6, 6.07) is 6.20. The van der Waals surface area contributed by atoms with Gasteiger partial charge in [0.2, 0.25) is 0 Å². The van der Waals surface area contributed by atoms with Crippen LogP contribution in [0.4, 0.5) is 0 Å². The van der Waals surface area contributed by atoms with E-state index < -0.39 is 0 Å². The summed E-state index contributed by atoms with van der Waals surface area (Å²) >= 11 is 6.17. The normalized spacial score (nSPS) is 11.5. The molecule has 0 fully saturated rings. The zero-order valence-corrected chi connectivity index (χ0v) is 10.1. The Morgan fingerprint density at radius 2 is 1.86 bits per heavy atom. The van der Waals surface area contributed by atoms with Crippen LogP contribution in [-0.4, -0.2) is 0 Å². The lowest BCUT2D eigenvalue weighted by atomic mass is 9.86. The van der Waals surface area contributed by atoms with Gasteiger partial charge in [-0.05, 0) is 35.1 Å². The summed E-state index contributed by atoms with van der Waals surface area (Å²) in [4.78, 5) is 0. The van der Waals surface area contributed by atoms with Crippen molar-refractivity contribution in [3.8, 4) is 0 Å². The second kappa shape index (κ2) is 3.78. The molecule has 1 aromatic rings. The van der Waals surface area contributed by atoms with Crippen LogP contribution in [0.3, 0.4) is 0 Å². The lowest BCUT2D eigenvalue weighted by molar-refractivity contribution is 0.590. The largest absolute Gasteiger partial charge is 0.0955 e. The van der Waals surface area contributed by atoms with Crippen molar-refractivity contribution in [1.29, 1.82) is 0 Å². The zero-order valence-electron chi connectivity index (χ0n) is 9.32. The number of hydrogen-bond acceptors (Lipinski definition) is 0. The van der Waals surface area contributed by atoms with Crippen LogP contribution in [0.1, 0.15) is 38.8 Å². The van der Waals surface area contributed by atoms with Crippen molar-refractivity contribution in [1.82, 2.24) is 0 Å². The molecule has 0 aliphatic heterocycles. The molecule has 0 aromatic heterocycles. The van der Waals surface area contributed by atoms with Crippen molar-refractivity contribution in [2.75, 3.05) is 0 Å². The van der Waals surface area contributed by atoms with E-state index in [1.165, 1.54) is 5.56 Å². The average molecular weight is 209 g/mol. The monoisotopic (exact) mass is 208 g/mol. The minimum Gasteiger partial charge on any atom is -0.0955 e. The molecule has 0 bridgehead atoms. The SMILES string of the molecule is C=C(C)c1ccc(C(C)(C)C)cc1Cl. The fourth-order valence-corrected chi connectivity index (χ4v) is 1.67. The standard InChI is InChI=1S/C13H17Cl/c1-9(2)11-7-6-10(8-12(11)14)13(3,4)5/h6-8H,1H2,2-5H3. The van der Waals surface area contributed by atoms with E-state index in [0.29, 0.717) is 0 Å². The van der Waals surface area contributed by atoms with Crippen LogP contribution in [-0.2, 0) is 5.41 Å². The van der Waals surface area contributed by atoms with E-state index >= 15 is 0 Å². The molecule has 76 valence electrons. The summed E-state index contributed by atoms with van der Waals surface area (Å²) < 4.78 is 0. The van der Waals surface area contributed by atoms with Crippen LogP contribution >= 0.6 is 11.6 Å². The van der Waals surface area contributed by atoms with Crippen molar-refractivity contribution < 1.29 is 0 Å². The summed E-state index contributed by atoms with van der Waals surface area (Å²) in [5, 5.41) is 0.796. The van der Waals surface area contributed by atoms with Gasteiger partial charge in [0, 0.05) is 5.02 Å². The quantitative estimate of drug-likeness (QED) is 0.629. The maximum absolute atomic E-state index is 6.17. The highest BCUT2D eigenvalue weighted by Gasteiger charge is 2.14. The van der Waals surface area contributed by atoms with Crippen LogP contribution in [0, 0.1) is 0 Å². The molecule has 0 heterocycles. The molecule has 1 heteroatoms. The molecule has 0 radical (unpaired) electrons. The van der Waals surface area contributed by atoms with Gasteiger partial charge < -0.3 is 0 Å². The van der Waals surface area contributed by atoms with Crippen molar-refractivity contribution in [3.05, 3.63) is 40.9 Å². The molecule has 0 spiro atoms. The number of allylic oxidation sites excluding steroid dienone is 1. The third-order valence-corrected chi connectivity index (χ3v) is 2.61. The van der Waals surface area contributed by atoms with Crippen LogP contribution in [0.15, 0.2) is 24.8 Å². The Kier molecular flexibility index (Phi) is 3.06. The van der Waals surface area contributed by atoms with Crippen LogP contribution in [0.5, 0.6) is 0 Å². The molecule has 0 atom stereocenters. The topological polar surface area (TPSA) is 0 Å². The van der Waals surface area contributed by atoms with Crippen LogP contribution in [0.25, 0.3) is 5.57 Å². The van der Waals surface area contributed by atoms with Gasteiger partial charge in [0.1, 0.15) is 0 Å². The van der Waals surface area contributed by atoms with E-state index in [9.17, 15) is 0 Å². The van der Waals surface area contributed by atoms with Gasteiger partial charge in [-0.1, -0.05) is 51.1 Å². The summed E-state index contributed by atoms with van der Waals surface area (Å²) in [7, 11) is 0. The zero-order chi connectivity index (χ0) is 10.9. The lowest BCUT2D eigenvalue weighted by Crippen LogP contribution is -2.10. The predicted molar refractivity (Wildman–Crippen MR) is 64.9 cm³/mol. The highest BCUT2D eigenvalue weighted by molar-refractivity contribution is 6.32. The molecule has 14 heavy (non-hydrogen) atoms. The van der Waals surface area contributed by atoms with Crippen molar-refractivity contribution in [2.24, 2.45) is 0 Å². The summed E-state index contributed by atoms with van der Waals surface area (Å²) in [5.74, 6) is 0. The molecule has 0 aliphatic carbocycles. The molecule has 0 saturated carbocycles. The van der Waals surface area contributed by atoms with E-state index in [1.807, 2.05) is 19.1 Å². The average Bonchev–Trinajstić information content (AvgIpc) is 2.01. The summed E-state index contributed by atoms with van der Waals surface area (Å²) in [5.41, 5.74) is 3.46. The van der Waals surface area contributed by atoms with Gasteiger partial charge in [-0.3, -0.25) is 0 Å². The number of benzene rings is 1. The molecule has 0 amide bonds. The third kappa shape index (κ3) is 2.39. The minimum atomic E-state index is 0.150. The Morgan fingerprint density at radius 1 is 1.29 bits per heavy atom. The van der Waals surface area contributed by atoms with Gasteiger partial charge in [-0.2, -0.15) is 0 Å². The molecular weight excluding hydrogens is 192 g/mol. The Bertz CT molecular complexity index is 356. The van der Waals surface area contributed by atoms with Gasteiger partial charge >= 0.3 is 0 Å². The Morgan fingerprint density at radius 3 is 2.21 bits per heavy atom. The molecule has 0 saturated heterocycles. The molecule has 0 aliphatic rings. The van der Waals surface area contributed by atoms with Gasteiger partial charge in [-0.25, -0.2) is 0 Å². The highest BCUT2D eigenvalue weighted by Crippen LogP contribution is 2.29. The molecular formula is C13H17Cl. The van der Waals surface area contributed by atoms with Crippen LogP contribution < -0.4 is 0 Å². The fraction of sp³-hybridized carbons (Fsp3) is 0.385. The second-order valence-corrected chi connectivity index (χ2v) is 5.13. The maximum Gasteiger partial charge on any atom is 0.0483 e. The van der Waals surface area contributed by atoms with Crippen LogP contribution in [0.2, 0.25) is 5.02 Å². The molecule has 0 unspecified atom stereocenters. The number of hydrogen-bond donors (Lipinski definition) is 0. The van der Waals surface area contributed by atoms with Crippen molar-refractivity contribution in [3.63, 3.8) is 0 Å². The van der Waals surface area contributed by atoms with Crippen molar-refractivity contribution >= 4 is 17.2 Å². The first-order valence-electron chi connectivity index (χ1n) is 4.78. The number of halogens is 1. The number of rotatable bonds is 1. The van der Waals surface area contributed by atoms with Crippen molar-refractivity contribution in [2.45, 2.75) is 33.1 Å². The Balaban J connectivity index is 3.20. The van der Waals surface area contributed by atoms with E-state index in [1.54, 1.807) is 0 Å². The molecule has 1 aromatic carbocycles. The van der Waals surface area contributed by atoms with E-state index in [0.717, 1.165) is 16.2 Å². The first-order chi connectivity index (χ1) is 6.32. The maximum atomic E-state index is 6.17. The minimum absolute atomic E-state index is 0.150. The fourth-order valence-electron chi connectivity index (χ4n) is 1.33. The Hall–Kier alpha value is -0.750. The van der Waals surface area contributed by atoms with E-state index in [2.05, 4.69) is 33.4 Å². The third-order valence-electron chi connectivity index (χ3n) is 2.29. The van der Waals surface area contributed by atoms with Gasteiger partial charge in [-0.15, -0.1) is 0 Å². The van der Waals surface area contributed by atoms with Gasteiger partial charge in [0.15, 0.2) is 0 Å². The van der Waals surface area contributed by atoms with Gasteiger partial charge in [0.25, 0.3) is 0 Å². The molecule has 1 rings (SSSR count). The lowest BCUT2D eigenvalue weighted by Gasteiger charge is -2.20. The second-order valence-electron chi connectivity index (χ2n) is 4.72. The predicted octanol–water partition coefficient (Wildman–Crippen LogP) is 4.67. The first kappa shape index (κ1) is 11.3. The first-order valence-corrected chi connectivity index (χ1v) is 5.16. The molecule has 0 N–H and O–H groups in total. The molecule has 0 nitrogen and oxygen atoms in total.